The van der Waals surface area contributed by atoms with Crippen LogP contribution >= 0.6 is 0 Å². The van der Waals surface area contributed by atoms with Gasteiger partial charge in [-0.15, -0.1) is 0 Å². The number of nitrogens with zero attached hydrogens (tertiary/aromatic N) is 2. The Morgan fingerprint density at radius 1 is 0.933 bits per heavy atom. The van der Waals surface area contributed by atoms with Crippen molar-refractivity contribution in [3.8, 4) is 0 Å². The van der Waals surface area contributed by atoms with Crippen molar-refractivity contribution in [1.82, 2.24) is 9.80 Å². The predicted octanol–water partition coefficient (Wildman–Crippen LogP) is 3.73. The second-order valence-corrected chi connectivity index (χ2v) is 8.92. The molecule has 5 nitrogen and oxygen atoms in total. The van der Waals surface area contributed by atoms with Gasteiger partial charge in [-0.3, -0.25) is 9.69 Å². The Morgan fingerprint density at radius 2 is 1.60 bits per heavy atom. The molecule has 2 heterocycles. The van der Waals surface area contributed by atoms with Gasteiger partial charge in [-0.05, 0) is 42.2 Å². The first-order chi connectivity index (χ1) is 14.7. The molecule has 2 amide bonds. The van der Waals surface area contributed by atoms with Crippen LogP contribution in [0.2, 0.25) is 0 Å². The number of benzene rings is 2. The SMILES string of the molecule is O=C1OC[C@H](Cc2ccccc2)N1C(=O)[C@@H]1CN(Cc2ccccc2)C[C@@H]1C1CC1. The highest BCUT2D eigenvalue weighted by molar-refractivity contribution is 5.95. The van der Waals surface area contributed by atoms with Crippen LogP contribution in [0.4, 0.5) is 4.79 Å². The molecule has 2 saturated heterocycles. The number of hydrogen-bond acceptors (Lipinski definition) is 4. The average molecular weight is 405 g/mol. The molecule has 2 aliphatic heterocycles. The van der Waals surface area contributed by atoms with E-state index in [0.717, 1.165) is 25.2 Å². The van der Waals surface area contributed by atoms with Crippen molar-refractivity contribution >= 4 is 12.0 Å². The fourth-order valence-electron chi connectivity index (χ4n) is 5.09. The second kappa shape index (κ2) is 8.23. The number of carbonyl (C=O) groups is 2. The van der Waals surface area contributed by atoms with Crippen molar-refractivity contribution in [2.75, 3.05) is 19.7 Å². The lowest BCUT2D eigenvalue weighted by atomic mass is 9.90. The molecule has 0 unspecified atom stereocenters. The number of hydrogen-bond donors (Lipinski definition) is 0. The fraction of sp³-hybridized carbons (Fsp3) is 0.440. The number of ether oxygens (including phenoxy) is 1. The normalized spacial score (nSPS) is 26.7. The van der Waals surface area contributed by atoms with Gasteiger partial charge < -0.3 is 4.74 Å². The van der Waals surface area contributed by atoms with Crippen molar-refractivity contribution in [2.45, 2.75) is 31.8 Å². The Hall–Kier alpha value is -2.66. The summed E-state index contributed by atoms with van der Waals surface area (Å²) in [4.78, 5) is 29.9. The first-order valence-electron chi connectivity index (χ1n) is 11.0. The van der Waals surface area contributed by atoms with Crippen LogP contribution in [0, 0.1) is 17.8 Å². The van der Waals surface area contributed by atoms with E-state index < -0.39 is 6.09 Å². The van der Waals surface area contributed by atoms with Gasteiger partial charge in [0, 0.05) is 19.6 Å². The molecular formula is C25H28N2O3. The third-order valence-corrected chi connectivity index (χ3v) is 6.75. The maximum absolute atomic E-state index is 13.6. The third-order valence-electron chi connectivity index (χ3n) is 6.75. The molecule has 3 aliphatic rings. The van der Waals surface area contributed by atoms with Crippen molar-refractivity contribution in [1.29, 1.82) is 0 Å². The largest absolute Gasteiger partial charge is 0.447 e. The van der Waals surface area contributed by atoms with Gasteiger partial charge in [-0.1, -0.05) is 60.7 Å². The first-order valence-corrected chi connectivity index (χ1v) is 11.0. The summed E-state index contributed by atoms with van der Waals surface area (Å²) in [5, 5.41) is 0. The highest BCUT2D eigenvalue weighted by Gasteiger charge is 2.50. The molecule has 0 bridgehead atoms. The molecule has 0 aromatic heterocycles. The number of likely N-dealkylation sites (tertiary alicyclic amines) is 1. The summed E-state index contributed by atoms with van der Waals surface area (Å²) < 4.78 is 5.32. The quantitative estimate of drug-likeness (QED) is 0.736. The molecule has 5 rings (SSSR count). The summed E-state index contributed by atoms with van der Waals surface area (Å²) in [6.45, 7) is 2.79. The van der Waals surface area contributed by atoms with Crippen LogP contribution in [0.15, 0.2) is 60.7 Å². The van der Waals surface area contributed by atoms with Crippen LogP contribution in [0.25, 0.3) is 0 Å². The molecule has 1 saturated carbocycles. The Kier molecular flexibility index (Phi) is 5.30. The molecule has 2 aromatic carbocycles. The van der Waals surface area contributed by atoms with Gasteiger partial charge in [-0.25, -0.2) is 9.69 Å². The van der Waals surface area contributed by atoms with Crippen LogP contribution in [-0.4, -0.2) is 47.5 Å². The van der Waals surface area contributed by atoms with E-state index in [1.807, 2.05) is 36.4 Å². The molecular weight excluding hydrogens is 376 g/mol. The summed E-state index contributed by atoms with van der Waals surface area (Å²) in [5.74, 6) is 0.800. The highest BCUT2D eigenvalue weighted by atomic mass is 16.6. The van der Waals surface area contributed by atoms with Gasteiger partial charge >= 0.3 is 6.09 Å². The molecule has 0 spiro atoms. The lowest BCUT2D eigenvalue weighted by Crippen LogP contribution is -2.45. The number of rotatable bonds is 6. The lowest BCUT2D eigenvalue weighted by molar-refractivity contribution is -0.134. The van der Waals surface area contributed by atoms with Crippen LogP contribution in [0.5, 0.6) is 0 Å². The van der Waals surface area contributed by atoms with Crippen LogP contribution in [0.3, 0.4) is 0 Å². The molecule has 156 valence electrons. The van der Waals surface area contributed by atoms with Crippen LogP contribution in [-0.2, 0) is 22.5 Å². The summed E-state index contributed by atoms with van der Waals surface area (Å²) in [7, 11) is 0. The predicted molar refractivity (Wildman–Crippen MR) is 114 cm³/mol. The van der Waals surface area contributed by atoms with E-state index in [9.17, 15) is 9.59 Å². The average Bonchev–Trinajstić information content (AvgIpc) is 3.43. The molecule has 3 atom stereocenters. The van der Waals surface area contributed by atoms with E-state index in [1.165, 1.54) is 23.3 Å². The number of cyclic esters (lactones) is 1. The second-order valence-electron chi connectivity index (χ2n) is 8.92. The zero-order valence-corrected chi connectivity index (χ0v) is 17.2. The summed E-state index contributed by atoms with van der Waals surface area (Å²) in [6.07, 6.45) is 2.57. The Labute approximate surface area is 177 Å². The van der Waals surface area contributed by atoms with Gasteiger partial charge in [0.05, 0.1) is 12.0 Å². The van der Waals surface area contributed by atoms with Crippen molar-refractivity contribution < 1.29 is 14.3 Å². The van der Waals surface area contributed by atoms with Crippen molar-refractivity contribution in [2.24, 2.45) is 17.8 Å². The van der Waals surface area contributed by atoms with Gasteiger partial charge in [0.1, 0.15) is 6.61 Å². The van der Waals surface area contributed by atoms with Crippen molar-refractivity contribution in [3.63, 3.8) is 0 Å². The summed E-state index contributed by atoms with van der Waals surface area (Å²) in [6, 6.07) is 20.2. The first kappa shape index (κ1) is 19.3. The maximum atomic E-state index is 13.6. The maximum Gasteiger partial charge on any atom is 0.416 e. The zero-order chi connectivity index (χ0) is 20.5. The fourth-order valence-corrected chi connectivity index (χ4v) is 5.09. The van der Waals surface area contributed by atoms with Crippen molar-refractivity contribution in [3.05, 3.63) is 71.8 Å². The molecule has 2 aromatic rings. The van der Waals surface area contributed by atoms with Crippen LogP contribution in [0.1, 0.15) is 24.0 Å². The number of amides is 2. The number of imide groups is 1. The molecule has 0 radical (unpaired) electrons. The van der Waals surface area contributed by atoms with E-state index >= 15 is 0 Å². The molecule has 30 heavy (non-hydrogen) atoms. The van der Waals surface area contributed by atoms with E-state index in [2.05, 4.69) is 29.2 Å². The summed E-state index contributed by atoms with van der Waals surface area (Å²) >= 11 is 0. The third kappa shape index (κ3) is 3.99. The monoisotopic (exact) mass is 404 g/mol. The molecule has 1 aliphatic carbocycles. The van der Waals surface area contributed by atoms with Gasteiger partial charge in [0.15, 0.2) is 0 Å². The van der Waals surface area contributed by atoms with Crippen LogP contribution < -0.4 is 0 Å². The minimum atomic E-state index is -0.475. The topological polar surface area (TPSA) is 49.9 Å². The van der Waals surface area contributed by atoms with E-state index in [0.29, 0.717) is 18.3 Å². The minimum Gasteiger partial charge on any atom is -0.447 e. The number of carbonyl (C=O) groups excluding carboxylic acids is 2. The smallest absolute Gasteiger partial charge is 0.416 e. The highest BCUT2D eigenvalue weighted by Crippen LogP contribution is 2.45. The van der Waals surface area contributed by atoms with Gasteiger partial charge in [0.25, 0.3) is 0 Å². The summed E-state index contributed by atoms with van der Waals surface area (Å²) in [5.41, 5.74) is 2.39. The molecule has 5 heteroatoms. The van der Waals surface area contributed by atoms with E-state index in [1.54, 1.807) is 0 Å². The minimum absolute atomic E-state index is 0.0362. The molecule has 3 fully saturated rings. The Morgan fingerprint density at radius 3 is 2.27 bits per heavy atom. The Bertz CT molecular complexity index is 897. The zero-order valence-electron chi connectivity index (χ0n) is 17.2. The standard InChI is InChI=1S/C25H28N2O3/c28-24(27-21(17-30-25(27)29)13-18-7-3-1-4-8-18)23-16-26(15-22(23)20-11-12-20)14-19-9-5-2-6-10-19/h1-10,20-23H,11-17H2/t21-,22+,23+/m0/s1. The molecule has 0 N–H and O–H groups in total. The lowest BCUT2D eigenvalue weighted by Gasteiger charge is -2.25. The Balaban J connectivity index is 1.32. The van der Waals surface area contributed by atoms with E-state index in [-0.39, 0.29) is 24.5 Å². The van der Waals surface area contributed by atoms with Gasteiger partial charge in [-0.2, -0.15) is 0 Å². The van der Waals surface area contributed by atoms with Gasteiger partial charge in [0.2, 0.25) is 5.91 Å². The van der Waals surface area contributed by atoms with E-state index in [4.69, 9.17) is 4.74 Å².